The molecule has 2 aromatic heterocycles. The average molecular weight is 420 g/mol. The predicted octanol–water partition coefficient (Wildman–Crippen LogP) is 2.73. The van der Waals surface area contributed by atoms with Gasteiger partial charge in [0, 0.05) is 44.7 Å². The van der Waals surface area contributed by atoms with Crippen molar-refractivity contribution in [2.24, 2.45) is 0 Å². The van der Waals surface area contributed by atoms with Crippen molar-refractivity contribution in [1.29, 1.82) is 0 Å². The molecule has 0 saturated carbocycles. The third-order valence-corrected chi connectivity index (χ3v) is 5.40. The van der Waals surface area contributed by atoms with E-state index in [9.17, 15) is 0 Å². The monoisotopic (exact) mass is 419 g/mol. The summed E-state index contributed by atoms with van der Waals surface area (Å²) in [5.74, 6) is 1.35. The molecule has 1 saturated heterocycles. The lowest BCUT2D eigenvalue weighted by molar-refractivity contribution is 0.204. The molecule has 1 aliphatic rings. The van der Waals surface area contributed by atoms with Gasteiger partial charge >= 0.3 is 0 Å². The molecule has 28 heavy (non-hydrogen) atoms. The van der Waals surface area contributed by atoms with Gasteiger partial charge < -0.3 is 20.3 Å². The van der Waals surface area contributed by atoms with Crippen molar-refractivity contribution in [1.82, 2.24) is 25.3 Å². The van der Waals surface area contributed by atoms with Crippen LogP contribution >= 0.6 is 24.0 Å². The summed E-state index contributed by atoms with van der Waals surface area (Å²) in [6.45, 7) is 4.41. The minimum absolute atomic E-state index is 0.439. The maximum Gasteiger partial charge on any atom is 0.232 e. The number of rotatable bonds is 7. The lowest BCUT2D eigenvalue weighted by Crippen LogP contribution is -2.38. The molecular formula is C18H25N7OS2. The van der Waals surface area contributed by atoms with E-state index in [-0.39, 0.29) is 0 Å². The summed E-state index contributed by atoms with van der Waals surface area (Å²) in [7, 11) is 1.65. The van der Waals surface area contributed by atoms with E-state index in [1.807, 2.05) is 6.07 Å². The van der Waals surface area contributed by atoms with Crippen LogP contribution in [-0.4, -0.2) is 57.9 Å². The highest BCUT2D eigenvalue weighted by Gasteiger charge is 2.21. The van der Waals surface area contributed by atoms with E-state index in [4.69, 9.17) is 21.9 Å². The standard InChI is InChI=1S/C18H25N7OS2/c1-13-6-3-4-10-25(13)14-12-15(28-18-20-7-5-8-21-18)23-16(22-14)24-17(27)19-9-11-26-2/h5,7-8,12-13H,3-4,6,9-11H2,1-2H3,(H2,19,22,23,24,27)/t13-/m1/s1. The van der Waals surface area contributed by atoms with Crippen LogP contribution in [0.5, 0.6) is 0 Å². The van der Waals surface area contributed by atoms with Crippen LogP contribution < -0.4 is 15.5 Å². The molecule has 0 spiro atoms. The van der Waals surface area contributed by atoms with Crippen molar-refractivity contribution in [3.63, 3.8) is 0 Å². The van der Waals surface area contributed by atoms with Crippen LogP contribution in [0, 0.1) is 0 Å². The fraction of sp³-hybridized carbons (Fsp3) is 0.500. The molecule has 8 nitrogen and oxygen atoms in total. The zero-order valence-corrected chi connectivity index (χ0v) is 17.7. The summed E-state index contributed by atoms with van der Waals surface area (Å²) in [5, 5.41) is 8.05. The predicted molar refractivity (Wildman–Crippen MR) is 115 cm³/mol. The van der Waals surface area contributed by atoms with Crippen molar-refractivity contribution < 1.29 is 4.74 Å². The summed E-state index contributed by atoms with van der Waals surface area (Å²) in [4.78, 5) is 20.2. The summed E-state index contributed by atoms with van der Waals surface area (Å²) >= 11 is 6.75. The van der Waals surface area contributed by atoms with Crippen molar-refractivity contribution in [3.8, 4) is 0 Å². The van der Waals surface area contributed by atoms with Crippen molar-refractivity contribution in [2.45, 2.75) is 42.4 Å². The van der Waals surface area contributed by atoms with Crippen molar-refractivity contribution >= 4 is 40.9 Å². The molecule has 3 heterocycles. The maximum absolute atomic E-state index is 5.34. The van der Waals surface area contributed by atoms with Crippen molar-refractivity contribution in [3.05, 3.63) is 24.5 Å². The fourth-order valence-corrected chi connectivity index (χ4v) is 3.85. The lowest BCUT2D eigenvalue weighted by atomic mass is 10.0. The van der Waals surface area contributed by atoms with Gasteiger partial charge in [-0.05, 0) is 56.2 Å². The van der Waals surface area contributed by atoms with E-state index < -0.39 is 0 Å². The number of anilines is 2. The molecule has 3 rings (SSSR count). The quantitative estimate of drug-likeness (QED) is 0.302. The normalized spacial score (nSPS) is 16.6. The molecule has 0 bridgehead atoms. The highest BCUT2D eigenvalue weighted by Crippen LogP contribution is 2.29. The number of piperidine rings is 1. The van der Waals surface area contributed by atoms with E-state index in [1.54, 1.807) is 25.6 Å². The third kappa shape index (κ3) is 5.98. The SMILES string of the molecule is COCCNC(=S)Nc1nc(Sc2ncccn2)cc(N2CCCC[C@H]2C)n1. The first-order valence-electron chi connectivity index (χ1n) is 9.30. The van der Waals surface area contributed by atoms with Crippen LogP contribution in [0.15, 0.2) is 34.7 Å². The van der Waals surface area contributed by atoms with E-state index >= 15 is 0 Å². The van der Waals surface area contributed by atoms with Gasteiger partial charge in [-0.25, -0.2) is 15.0 Å². The number of methoxy groups -OCH3 is 1. The van der Waals surface area contributed by atoms with Gasteiger partial charge in [0.25, 0.3) is 0 Å². The number of aromatic nitrogens is 4. The molecule has 0 amide bonds. The largest absolute Gasteiger partial charge is 0.383 e. The first-order valence-corrected chi connectivity index (χ1v) is 10.5. The Kier molecular flexibility index (Phi) is 7.75. The molecule has 0 aromatic carbocycles. The number of nitrogens with zero attached hydrogens (tertiary/aromatic N) is 5. The van der Waals surface area contributed by atoms with Gasteiger partial charge in [-0.15, -0.1) is 0 Å². The highest BCUT2D eigenvalue weighted by molar-refractivity contribution is 7.99. The van der Waals surface area contributed by atoms with Gasteiger partial charge in [0.1, 0.15) is 10.8 Å². The Hall–Kier alpha value is -2.04. The van der Waals surface area contributed by atoms with Gasteiger partial charge in [0.15, 0.2) is 10.3 Å². The first-order chi connectivity index (χ1) is 13.7. The average Bonchev–Trinajstić information content (AvgIpc) is 2.69. The van der Waals surface area contributed by atoms with Gasteiger partial charge in [0.05, 0.1) is 6.61 Å². The molecule has 1 atom stereocenters. The van der Waals surface area contributed by atoms with Crippen molar-refractivity contribution in [2.75, 3.05) is 37.0 Å². The van der Waals surface area contributed by atoms with E-state index in [1.165, 1.54) is 24.6 Å². The summed E-state index contributed by atoms with van der Waals surface area (Å²) < 4.78 is 5.03. The van der Waals surface area contributed by atoms with Crippen LogP contribution in [0.1, 0.15) is 26.2 Å². The summed E-state index contributed by atoms with van der Waals surface area (Å²) in [6.07, 6.45) is 7.02. The van der Waals surface area contributed by atoms with Crippen LogP contribution in [0.25, 0.3) is 0 Å². The molecule has 0 radical (unpaired) electrons. The minimum Gasteiger partial charge on any atom is -0.383 e. The van der Waals surface area contributed by atoms with Gasteiger partial charge in [-0.2, -0.15) is 4.98 Å². The molecule has 150 valence electrons. The van der Waals surface area contributed by atoms with Gasteiger partial charge in [-0.3, -0.25) is 0 Å². The van der Waals surface area contributed by atoms with E-state index in [0.717, 1.165) is 23.8 Å². The second kappa shape index (κ2) is 10.5. The van der Waals surface area contributed by atoms with Gasteiger partial charge in [0.2, 0.25) is 5.95 Å². The Morgan fingerprint density at radius 3 is 2.89 bits per heavy atom. The molecule has 2 N–H and O–H groups in total. The summed E-state index contributed by atoms with van der Waals surface area (Å²) in [5.41, 5.74) is 0. The molecule has 1 fully saturated rings. The lowest BCUT2D eigenvalue weighted by Gasteiger charge is -2.34. The topological polar surface area (TPSA) is 88.1 Å². The molecule has 0 unspecified atom stereocenters. The Balaban J connectivity index is 1.81. The van der Waals surface area contributed by atoms with Crippen LogP contribution in [0.2, 0.25) is 0 Å². The zero-order chi connectivity index (χ0) is 19.8. The first kappa shape index (κ1) is 20.7. The Bertz CT molecular complexity index is 778. The Morgan fingerprint density at radius 1 is 1.32 bits per heavy atom. The van der Waals surface area contributed by atoms with E-state index in [0.29, 0.717) is 35.4 Å². The van der Waals surface area contributed by atoms with Crippen LogP contribution in [-0.2, 0) is 4.74 Å². The highest BCUT2D eigenvalue weighted by atomic mass is 32.2. The number of thiocarbonyl (C=S) groups is 1. The van der Waals surface area contributed by atoms with Gasteiger partial charge in [-0.1, -0.05) is 0 Å². The fourth-order valence-electron chi connectivity index (χ4n) is 2.95. The minimum atomic E-state index is 0.439. The third-order valence-electron chi connectivity index (χ3n) is 4.34. The Labute approximate surface area is 174 Å². The van der Waals surface area contributed by atoms with E-state index in [2.05, 4.69) is 37.4 Å². The zero-order valence-electron chi connectivity index (χ0n) is 16.1. The smallest absolute Gasteiger partial charge is 0.232 e. The maximum atomic E-state index is 5.34. The molecule has 2 aromatic rings. The number of hydrogen-bond donors (Lipinski definition) is 2. The Morgan fingerprint density at radius 2 is 2.14 bits per heavy atom. The molecule has 1 aliphatic heterocycles. The number of nitrogens with one attached hydrogen (secondary N) is 2. The molecule has 10 heteroatoms. The summed E-state index contributed by atoms with van der Waals surface area (Å²) in [6, 6.07) is 4.23. The molecular weight excluding hydrogens is 394 g/mol. The molecule has 0 aliphatic carbocycles. The second-order valence-corrected chi connectivity index (χ2v) is 7.83. The number of ether oxygens (including phenoxy) is 1. The van der Waals surface area contributed by atoms with Crippen LogP contribution in [0.4, 0.5) is 11.8 Å². The number of hydrogen-bond acceptors (Lipinski definition) is 8. The second-order valence-electron chi connectivity index (χ2n) is 6.43. The van der Waals surface area contributed by atoms with Crippen LogP contribution in [0.3, 0.4) is 0 Å².